The average molecular weight is 446 g/mol. The van der Waals surface area contributed by atoms with E-state index in [0.29, 0.717) is 28.6 Å². The summed E-state index contributed by atoms with van der Waals surface area (Å²) in [5.74, 6) is -1.71. The lowest BCUT2D eigenvalue weighted by molar-refractivity contribution is -0.186. The molecule has 1 aliphatic carbocycles. The van der Waals surface area contributed by atoms with E-state index in [0.717, 1.165) is 25.0 Å². The Morgan fingerprint density at radius 2 is 1.90 bits per heavy atom. The van der Waals surface area contributed by atoms with Crippen LogP contribution in [-0.4, -0.2) is 39.5 Å². The van der Waals surface area contributed by atoms with Gasteiger partial charge in [0.05, 0.1) is 24.1 Å². The smallest absolute Gasteiger partial charge is 0.361 e. The largest absolute Gasteiger partial charge is 0.471 e. The SMILES string of the molecule is O=C(N1Cc2cc(C(F)(F)F)ccc2N(Cc2cnc[nH]2)[C@@H](CC2CC2)C1)C(F)(F)F. The van der Waals surface area contributed by atoms with E-state index in [4.69, 9.17) is 0 Å². The second-order valence-electron chi connectivity index (χ2n) is 8.06. The zero-order valence-corrected chi connectivity index (χ0v) is 16.3. The Labute approximate surface area is 174 Å². The fraction of sp³-hybridized carbons (Fsp3) is 0.500. The number of aromatic nitrogens is 2. The van der Waals surface area contributed by atoms with Crippen LogP contribution < -0.4 is 4.90 Å². The van der Waals surface area contributed by atoms with Crippen LogP contribution in [0.15, 0.2) is 30.7 Å². The van der Waals surface area contributed by atoms with Crippen LogP contribution in [0.25, 0.3) is 0 Å². The van der Waals surface area contributed by atoms with E-state index in [1.54, 1.807) is 11.1 Å². The van der Waals surface area contributed by atoms with Gasteiger partial charge in [-0.05, 0) is 36.1 Å². The first kappa shape index (κ1) is 21.5. The summed E-state index contributed by atoms with van der Waals surface area (Å²) in [7, 11) is 0. The van der Waals surface area contributed by atoms with Gasteiger partial charge >= 0.3 is 18.3 Å². The fourth-order valence-electron chi connectivity index (χ4n) is 4.03. The zero-order valence-electron chi connectivity index (χ0n) is 16.3. The first-order chi connectivity index (χ1) is 14.5. The molecule has 1 aliphatic heterocycles. The van der Waals surface area contributed by atoms with Crippen LogP contribution in [0.5, 0.6) is 0 Å². The van der Waals surface area contributed by atoms with Crippen molar-refractivity contribution in [1.82, 2.24) is 14.9 Å². The highest BCUT2D eigenvalue weighted by Crippen LogP contribution is 2.40. The van der Waals surface area contributed by atoms with Crippen molar-refractivity contribution in [2.45, 2.75) is 50.7 Å². The first-order valence-corrected chi connectivity index (χ1v) is 9.82. The van der Waals surface area contributed by atoms with Crippen molar-refractivity contribution in [2.75, 3.05) is 11.4 Å². The number of alkyl halides is 6. The quantitative estimate of drug-likeness (QED) is 0.704. The van der Waals surface area contributed by atoms with Gasteiger partial charge < -0.3 is 14.8 Å². The number of anilines is 1. The molecule has 11 heteroatoms. The van der Waals surface area contributed by atoms with Gasteiger partial charge in [-0.25, -0.2) is 4.98 Å². The van der Waals surface area contributed by atoms with Crippen molar-refractivity contribution in [3.05, 3.63) is 47.5 Å². The number of hydrogen-bond acceptors (Lipinski definition) is 3. The lowest BCUT2D eigenvalue weighted by atomic mass is 10.0. The number of halogens is 6. The van der Waals surface area contributed by atoms with Gasteiger partial charge in [-0.1, -0.05) is 12.8 Å². The highest BCUT2D eigenvalue weighted by atomic mass is 19.4. The van der Waals surface area contributed by atoms with Gasteiger partial charge in [0, 0.05) is 31.0 Å². The van der Waals surface area contributed by atoms with Crippen LogP contribution in [0, 0.1) is 5.92 Å². The number of carbonyl (C=O) groups is 1. The van der Waals surface area contributed by atoms with Gasteiger partial charge in [0.2, 0.25) is 0 Å². The summed E-state index contributed by atoms with van der Waals surface area (Å²) in [5, 5.41) is 0. The molecule has 1 fully saturated rings. The molecule has 0 spiro atoms. The number of aromatic amines is 1. The Hall–Kier alpha value is -2.72. The van der Waals surface area contributed by atoms with Crippen LogP contribution in [0.1, 0.15) is 36.1 Å². The zero-order chi connectivity index (χ0) is 22.4. The lowest BCUT2D eigenvalue weighted by Gasteiger charge is -2.34. The highest BCUT2D eigenvalue weighted by Gasteiger charge is 2.45. The number of rotatable bonds is 4. The molecular weight excluding hydrogens is 426 g/mol. The number of carbonyl (C=O) groups excluding carboxylic acids is 1. The molecule has 1 saturated carbocycles. The summed E-state index contributed by atoms with van der Waals surface area (Å²) in [6.07, 6.45) is -4.30. The molecule has 0 radical (unpaired) electrons. The minimum Gasteiger partial charge on any atom is -0.361 e. The number of imidazole rings is 1. The van der Waals surface area contributed by atoms with Gasteiger partial charge in [-0.2, -0.15) is 26.3 Å². The molecule has 0 saturated heterocycles. The van der Waals surface area contributed by atoms with Crippen LogP contribution in [-0.2, 0) is 24.1 Å². The maximum Gasteiger partial charge on any atom is 0.471 e. The Morgan fingerprint density at radius 1 is 1.16 bits per heavy atom. The molecule has 168 valence electrons. The van der Waals surface area contributed by atoms with Crippen molar-refractivity contribution in [2.24, 2.45) is 5.92 Å². The molecule has 0 unspecified atom stereocenters. The fourth-order valence-corrected chi connectivity index (χ4v) is 4.03. The maximum atomic E-state index is 13.3. The standard InChI is InChI=1S/C20H20F6N4O/c21-19(22,23)14-3-4-17-13(6-14)8-29(18(31)20(24,25)26)10-16(5-12-1-2-12)30(17)9-15-7-27-11-28-15/h3-4,6-7,11-12,16H,1-2,5,8-10H2,(H,27,28)/t16-/m0/s1. The van der Waals surface area contributed by atoms with Gasteiger partial charge in [-0.15, -0.1) is 0 Å². The van der Waals surface area contributed by atoms with E-state index in [1.165, 1.54) is 12.4 Å². The molecule has 1 atom stereocenters. The summed E-state index contributed by atoms with van der Waals surface area (Å²) in [6.45, 7) is -0.541. The molecule has 2 aromatic rings. The summed E-state index contributed by atoms with van der Waals surface area (Å²) < 4.78 is 79.5. The third-order valence-corrected chi connectivity index (χ3v) is 5.68. The third-order valence-electron chi connectivity index (χ3n) is 5.68. The Morgan fingerprint density at radius 3 is 2.48 bits per heavy atom. The van der Waals surface area contributed by atoms with Gasteiger partial charge in [0.25, 0.3) is 0 Å². The number of benzene rings is 1. The maximum absolute atomic E-state index is 13.3. The van der Waals surface area contributed by atoms with Gasteiger partial charge in [-0.3, -0.25) is 4.79 Å². The van der Waals surface area contributed by atoms with E-state index in [2.05, 4.69) is 9.97 Å². The number of hydrogen-bond donors (Lipinski definition) is 1. The number of nitrogens with one attached hydrogen (secondary N) is 1. The minimum absolute atomic E-state index is 0.0326. The molecule has 31 heavy (non-hydrogen) atoms. The number of H-pyrrole nitrogens is 1. The lowest BCUT2D eigenvalue weighted by Crippen LogP contribution is -2.47. The predicted molar refractivity (Wildman–Crippen MR) is 98.8 cm³/mol. The van der Waals surface area contributed by atoms with Crippen LogP contribution in [0.2, 0.25) is 0 Å². The molecule has 1 aromatic heterocycles. The van der Waals surface area contributed by atoms with Crippen LogP contribution >= 0.6 is 0 Å². The Bertz CT molecular complexity index is 936. The molecule has 5 nitrogen and oxygen atoms in total. The summed E-state index contributed by atoms with van der Waals surface area (Å²) in [5.41, 5.74) is 0.131. The Balaban J connectivity index is 1.78. The average Bonchev–Trinajstić information content (AvgIpc) is 3.37. The molecule has 1 amide bonds. The number of amides is 1. The van der Waals surface area contributed by atoms with Crippen molar-refractivity contribution in [3.63, 3.8) is 0 Å². The second kappa shape index (κ2) is 7.76. The van der Waals surface area contributed by atoms with Crippen molar-refractivity contribution in [3.8, 4) is 0 Å². The van der Waals surface area contributed by atoms with E-state index < -0.39 is 36.4 Å². The van der Waals surface area contributed by atoms with E-state index in [1.807, 2.05) is 0 Å². The number of fused-ring (bicyclic) bond motifs is 1. The van der Waals surface area contributed by atoms with E-state index in [9.17, 15) is 31.1 Å². The first-order valence-electron chi connectivity index (χ1n) is 9.82. The molecule has 0 bridgehead atoms. The summed E-state index contributed by atoms with van der Waals surface area (Å²) in [4.78, 5) is 21.4. The van der Waals surface area contributed by atoms with Crippen LogP contribution in [0.4, 0.5) is 32.0 Å². The highest BCUT2D eigenvalue weighted by molar-refractivity contribution is 5.82. The minimum atomic E-state index is -5.11. The Kier molecular flexibility index (Phi) is 5.38. The van der Waals surface area contributed by atoms with Gasteiger partial charge in [0.1, 0.15) is 0 Å². The molecule has 1 aromatic carbocycles. The molecule has 2 aliphatic rings. The van der Waals surface area contributed by atoms with Crippen LogP contribution in [0.3, 0.4) is 0 Å². The normalized spacial score (nSPS) is 19.9. The molecule has 2 heterocycles. The molecule has 4 rings (SSSR count). The predicted octanol–water partition coefficient (Wildman–Crippen LogP) is 4.51. The van der Waals surface area contributed by atoms with Crippen molar-refractivity contribution < 1.29 is 31.1 Å². The number of nitrogens with zero attached hydrogens (tertiary/aromatic N) is 3. The summed E-state index contributed by atoms with van der Waals surface area (Å²) in [6, 6.07) is 2.58. The summed E-state index contributed by atoms with van der Waals surface area (Å²) >= 11 is 0. The van der Waals surface area contributed by atoms with E-state index >= 15 is 0 Å². The topological polar surface area (TPSA) is 52.2 Å². The van der Waals surface area contributed by atoms with E-state index in [-0.39, 0.29) is 18.7 Å². The van der Waals surface area contributed by atoms with Crippen molar-refractivity contribution in [1.29, 1.82) is 0 Å². The van der Waals surface area contributed by atoms with Gasteiger partial charge in [0.15, 0.2) is 0 Å². The second-order valence-corrected chi connectivity index (χ2v) is 8.06. The third kappa shape index (κ3) is 4.80. The molecular formula is C20H20F6N4O. The van der Waals surface area contributed by atoms with Crippen molar-refractivity contribution >= 4 is 11.6 Å². The molecule has 1 N–H and O–H groups in total. The monoisotopic (exact) mass is 446 g/mol.